The molecule has 0 saturated heterocycles. The zero-order valence-electron chi connectivity index (χ0n) is 17.8. The topological polar surface area (TPSA) is 38.4 Å². The van der Waals surface area contributed by atoms with Crippen molar-refractivity contribution < 1.29 is 0 Å². The third kappa shape index (κ3) is 4.76. The predicted octanol–water partition coefficient (Wildman–Crippen LogP) is 6.19. The van der Waals surface area contributed by atoms with Crippen molar-refractivity contribution in [1.29, 1.82) is 0 Å². The van der Waals surface area contributed by atoms with E-state index in [1.54, 1.807) is 0 Å². The lowest BCUT2D eigenvalue weighted by atomic mass is 9.78. The minimum Gasteiger partial charge on any atom is -0.330 e. The quantitative estimate of drug-likeness (QED) is 0.603. The Hall–Kier alpha value is -1.41. The van der Waals surface area contributed by atoms with Gasteiger partial charge in [0.25, 0.3) is 0 Å². The number of benzene rings is 1. The highest BCUT2D eigenvalue weighted by atomic mass is 14.8. The zero-order valence-corrected chi connectivity index (χ0v) is 17.8. The SMILES string of the molecule is CC1=NCC(c2ccc(CC3CCCC(CN)C3)cc2)=C1CCC1CCCC1. The summed E-state index contributed by atoms with van der Waals surface area (Å²) >= 11 is 0. The van der Waals surface area contributed by atoms with Gasteiger partial charge in [0.15, 0.2) is 0 Å². The first-order valence-corrected chi connectivity index (χ1v) is 11.8. The smallest absolute Gasteiger partial charge is 0.0652 e. The van der Waals surface area contributed by atoms with E-state index in [1.165, 1.54) is 98.6 Å². The van der Waals surface area contributed by atoms with Crippen molar-refractivity contribution in [3.05, 3.63) is 41.0 Å². The number of hydrogen-bond acceptors (Lipinski definition) is 2. The summed E-state index contributed by atoms with van der Waals surface area (Å²) in [5.74, 6) is 2.54. The lowest BCUT2D eigenvalue weighted by molar-refractivity contribution is 0.270. The molecule has 0 radical (unpaired) electrons. The van der Waals surface area contributed by atoms with Crippen LogP contribution in [0.25, 0.3) is 5.57 Å². The second kappa shape index (κ2) is 9.39. The van der Waals surface area contributed by atoms with Gasteiger partial charge in [0.1, 0.15) is 0 Å². The van der Waals surface area contributed by atoms with Crippen LogP contribution in [0.15, 0.2) is 34.8 Å². The van der Waals surface area contributed by atoms with Gasteiger partial charge in [0.05, 0.1) is 6.54 Å². The molecule has 0 spiro atoms. The molecular formula is C26H38N2. The van der Waals surface area contributed by atoms with Crippen LogP contribution >= 0.6 is 0 Å². The lowest BCUT2D eigenvalue weighted by Crippen LogP contribution is -2.23. The molecule has 2 fully saturated rings. The minimum atomic E-state index is 0.754. The van der Waals surface area contributed by atoms with Crippen molar-refractivity contribution in [3.63, 3.8) is 0 Å². The van der Waals surface area contributed by atoms with Gasteiger partial charge in [-0.15, -0.1) is 0 Å². The molecule has 152 valence electrons. The van der Waals surface area contributed by atoms with Crippen molar-refractivity contribution in [2.24, 2.45) is 28.5 Å². The molecular weight excluding hydrogens is 340 g/mol. The van der Waals surface area contributed by atoms with Gasteiger partial charge in [-0.2, -0.15) is 0 Å². The third-order valence-corrected chi connectivity index (χ3v) is 7.60. The number of hydrogen-bond donors (Lipinski definition) is 1. The van der Waals surface area contributed by atoms with Gasteiger partial charge in [-0.25, -0.2) is 0 Å². The fourth-order valence-electron chi connectivity index (χ4n) is 5.83. The molecule has 1 aliphatic heterocycles. The number of allylic oxidation sites excluding steroid dienone is 1. The van der Waals surface area contributed by atoms with Crippen LogP contribution in [-0.2, 0) is 6.42 Å². The number of aliphatic imine (C=N–C) groups is 1. The molecule has 1 aromatic carbocycles. The minimum absolute atomic E-state index is 0.754. The summed E-state index contributed by atoms with van der Waals surface area (Å²) in [5.41, 5.74) is 13.1. The van der Waals surface area contributed by atoms with Gasteiger partial charge >= 0.3 is 0 Å². The summed E-state index contributed by atoms with van der Waals surface area (Å²) in [7, 11) is 0. The highest BCUT2D eigenvalue weighted by Crippen LogP contribution is 2.35. The normalized spacial score (nSPS) is 26.1. The fraction of sp³-hybridized carbons (Fsp3) is 0.654. The van der Waals surface area contributed by atoms with Crippen LogP contribution in [0, 0.1) is 17.8 Å². The molecule has 4 rings (SSSR count). The Labute approximate surface area is 171 Å². The largest absolute Gasteiger partial charge is 0.330 e. The van der Waals surface area contributed by atoms with Crippen molar-refractivity contribution in [3.8, 4) is 0 Å². The third-order valence-electron chi connectivity index (χ3n) is 7.60. The summed E-state index contributed by atoms with van der Waals surface area (Å²) in [4.78, 5) is 4.79. The second-order valence-corrected chi connectivity index (χ2v) is 9.58. The second-order valence-electron chi connectivity index (χ2n) is 9.58. The average Bonchev–Trinajstić information content (AvgIpc) is 3.37. The van der Waals surface area contributed by atoms with Gasteiger partial charge in [-0.05, 0) is 85.6 Å². The fourth-order valence-corrected chi connectivity index (χ4v) is 5.83. The van der Waals surface area contributed by atoms with E-state index in [4.69, 9.17) is 10.7 Å². The number of rotatable bonds is 7. The first-order valence-electron chi connectivity index (χ1n) is 11.8. The Morgan fingerprint density at radius 3 is 2.39 bits per heavy atom. The maximum Gasteiger partial charge on any atom is 0.0652 e. The van der Waals surface area contributed by atoms with Crippen LogP contribution in [0.3, 0.4) is 0 Å². The molecule has 2 heteroatoms. The molecule has 0 bridgehead atoms. The summed E-state index contributed by atoms with van der Waals surface area (Å²) in [5, 5.41) is 0. The van der Waals surface area contributed by atoms with Crippen LogP contribution in [0.2, 0.25) is 0 Å². The first kappa shape index (κ1) is 19.9. The van der Waals surface area contributed by atoms with E-state index in [1.807, 2.05) is 0 Å². The summed E-state index contributed by atoms with van der Waals surface area (Å²) in [6.45, 7) is 3.96. The highest BCUT2D eigenvalue weighted by Gasteiger charge is 2.22. The van der Waals surface area contributed by atoms with E-state index in [0.717, 1.165) is 30.8 Å². The van der Waals surface area contributed by atoms with Crippen LogP contribution in [0.5, 0.6) is 0 Å². The lowest BCUT2D eigenvalue weighted by Gasteiger charge is -2.28. The van der Waals surface area contributed by atoms with Crippen molar-refractivity contribution >= 4 is 11.3 Å². The zero-order chi connectivity index (χ0) is 19.3. The molecule has 1 aromatic rings. The molecule has 1 heterocycles. The summed E-state index contributed by atoms with van der Waals surface area (Å²) in [6, 6.07) is 9.46. The van der Waals surface area contributed by atoms with Crippen LogP contribution in [0.4, 0.5) is 0 Å². The Bertz CT molecular complexity index is 706. The van der Waals surface area contributed by atoms with Gasteiger partial charge in [-0.3, -0.25) is 4.99 Å². The molecule has 2 unspecified atom stereocenters. The summed E-state index contributed by atoms with van der Waals surface area (Å²) < 4.78 is 0. The average molecular weight is 379 g/mol. The first-order chi connectivity index (χ1) is 13.7. The molecule has 2 atom stereocenters. The molecule has 2 N–H and O–H groups in total. The van der Waals surface area contributed by atoms with Crippen molar-refractivity contribution in [2.45, 2.75) is 77.6 Å². The standard InChI is InChI=1S/C26H38N2/c1-19-25(14-11-20-5-2-3-6-20)26(18-28-19)24-12-9-21(10-13-24)15-22-7-4-8-23(16-22)17-27/h9-10,12-13,20,22-23H,2-8,11,14-18,27H2,1H3. The van der Waals surface area contributed by atoms with Crippen LogP contribution < -0.4 is 5.73 Å². The Balaban J connectivity index is 1.40. The Kier molecular flexibility index (Phi) is 6.67. The monoisotopic (exact) mass is 378 g/mol. The van der Waals surface area contributed by atoms with E-state index in [-0.39, 0.29) is 0 Å². The molecule has 2 nitrogen and oxygen atoms in total. The van der Waals surface area contributed by atoms with Gasteiger partial charge in [0.2, 0.25) is 0 Å². The molecule has 3 aliphatic rings. The Morgan fingerprint density at radius 1 is 0.929 bits per heavy atom. The maximum atomic E-state index is 5.92. The van der Waals surface area contributed by atoms with Crippen LogP contribution in [-0.4, -0.2) is 18.8 Å². The van der Waals surface area contributed by atoms with Crippen molar-refractivity contribution in [1.82, 2.24) is 0 Å². The van der Waals surface area contributed by atoms with Crippen molar-refractivity contribution in [2.75, 3.05) is 13.1 Å². The predicted molar refractivity (Wildman–Crippen MR) is 121 cm³/mol. The van der Waals surface area contributed by atoms with Gasteiger partial charge in [-0.1, -0.05) is 62.8 Å². The van der Waals surface area contributed by atoms with E-state index < -0.39 is 0 Å². The highest BCUT2D eigenvalue weighted by molar-refractivity contribution is 6.08. The molecule has 0 aromatic heterocycles. The molecule has 0 amide bonds. The van der Waals surface area contributed by atoms with Gasteiger partial charge in [0, 0.05) is 5.71 Å². The van der Waals surface area contributed by atoms with E-state index in [0.29, 0.717) is 0 Å². The summed E-state index contributed by atoms with van der Waals surface area (Å²) in [6.07, 6.45) is 15.0. The van der Waals surface area contributed by atoms with E-state index in [2.05, 4.69) is 31.2 Å². The van der Waals surface area contributed by atoms with Crippen LogP contribution in [0.1, 0.15) is 82.3 Å². The molecule has 2 aliphatic carbocycles. The van der Waals surface area contributed by atoms with E-state index >= 15 is 0 Å². The van der Waals surface area contributed by atoms with Gasteiger partial charge < -0.3 is 5.73 Å². The Morgan fingerprint density at radius 2 is 1.64 bits per heavy atom. The molecule has 28 heavy (non-hydrogen) atoms. The molecule has 2 saturated carbocycles. The maximum absolute atomic E-state index is 5.92. The number of nitrogens with two attached hydrogens (primary N) is 1. The van der Waals surface area contributed by atoms with E-state index in [9.17, 15) is 0 Å². The number of nitrogens with zero attached hydrogens (tertiary/aromatic N) is 1.